The number of carboxylic acids is 1. The molecule has 2 amide bonds. The number of hydrogen-bond acceptors (Lipinski definition) is 4. The van der Waals surface area contributed by atoms with Crippen molar-refractivity contribution in [3.63, 3.8) is 0 Å². The van der Waals surface area contributed by atoms with Gasteiger partial charge in [0.05, 0.1) is 5.88 Å². The Balaban J connectivity index is 2.00. The van der Waals surface area contributed by atoms with Crippen molar-refractivity contribution in [3.05, 3.63) is 0 Å². The van der Waals surface area contributed by atoms with Crippen LogP contribution in [0.25, 0.3) is 0 Å². The highest BCUT2D eigenvalue weighted by molar-refractivity contribution is 7.99. The Morgan fingerprint density at radius 1 is 1.44 bits per heavy atom. The molecule has 0 bridgehead atoms. The molecule has 1 saturated carbocycles. The molecule has 18 heavy (non-hydrogen) atoms. The Kier molecular flexibility index (Phi) is 3.52. The molecule has 1 heterocycles. The molecule has 0 aromatic heterocycles. The lowest BCUT2D eigenvalue weighted by atomic mass is 10.2. The van der Waals surface area contributed by atoms with E-state index in [2.05, 4.69) is 5.32 Å². The van der Waals surface area contributed by atoms with Crippen LogP contribution in [0.5, 0.6) is 0 Å². The smallest absolute Gasteiger partial charge is 0.329 e. The highest BCUT2D eigenvalue weighted by atomic mass is 32.2. The molecule has 2 aliphatic rings. The van der Waals surface area contributed by atoms with Gasteiger partial charge in [0.25, 0.3) is 0 Å². The third-order valence-corrected chi connectivity index (χ3v) is 4.34. The lowest BCUT2D eigenvalue weighted by Gasteiger charge is -2.24. The van der Waals surface area contributed by atoms with Gasteiger partial charge >= 0.3 is 5.97 Å². The number of carboxylic acid groups (broad SMARTS) is 1. The minimum Gasteiger partial charge on any atom is -0.480 e. The Hall–Kier alpha value is -1.24. The summed E-state index contributed by atoms with van der Waals surface area (Å²) in [6.45, 7) is 1.75. The second kappa shape index (κ2) is 4.79. The maximum Gasteiger partial charge on any atom is 0.329 e. The average Bonchev–Trinajstić information content (AvgIpc) is 2.95. The SMILES string of the molecule is CCC(=O)N1CSCC1C(=O)NC1(C(=O)O)CC1. The number of rotatable bonds is 4. The lowest BCUT2D eigenvalue weighted by molar-refractivity contribution is -0.144. The van der Waals surface area contributed by atoms with Crippen molar-refractivity contribution in [2.75, 3.05) is 11.6 Å². The van der Waals surface area contributed by atoms with Crippen LogP contribution in [-0.2, 0) is 14.4 Å². The first kappa shape index (κ1) is 13.2. The molecule has 2 N–H and O–H groups in total. The van der Waals surface area contributed by atoms with Gasteiger partial charge in [0, 0.05) is 12.2 Å². The number of carbonyl (C=O) groups is 3. The zero-order chi connectivity index (χ0) is 13.3. The molecule has 0 aromatic rings. The lowest BCUT2D eigenvalue weighted by Crippen LogP contribution is -2.52. The van der Waals surface area contributed by atoms with Crippen molar-refractivity contribution < 1.29 is 19.5 Å². The van der Waals surface area contributed by atoms with Crippen LogP contribution in [0.2, 0.25) is 0 Å². The second-order valence-corrected chi connectivity index (χ2v) is 5.61. The van der Waals surface area contributed by atoms with Crippen LogP contribution >= 0.6 is 11.8 Å². The molecule has 1 aliphatic carbocycles. The van der Waals surface area contributed by atoms with Gasteiger partial charge in [0.2, 0.25) is 11.8 Å². The molecule has 100 valence electrons. The fraction of sp³-hybridized carbons (Fsp3) is 0.727. The van der Waals surface area contributed by atoms with Crippen molar-refractivity contribution in [1.29, 1.82) is 0 Å². The van der Waals surface area contributed by atoms with Crippen LogP contribution in [0.3, 0.4) is 0 Å². The predicted molar refractivity (Wildman–Crippen MR) is 66.0 cm³/mol. The van der Waals surface area contributed by atoms with Crippen LogP contribution in [0, 0.1) is 0 Å². The van der Waals surface area contributed by atoms with Gasteiger partial charge in [0.15, 0.2) is 0 Å². The van der Waals surface area contributed by atoms with Crippen molar-refractivity contribution in [3.8, 4) is 0 Å². The molecule has 1 saturated heterocycles. The summed E-state index contributed by atoms with van der Waals surface area (Å²) in [5.41, 5.74) is -1.08. The number of aliphatic carboxylic acids is 1. The van der Waals surface area contributed by atoms with E-state index in [9.17, 15) is 14.4 Å². The van der Waals surface area contributed by atoms with Crippen molar-refractivity contribution in [2.45, 2.75) is 37.8 Å². The van der Waals surface area contributed by atoms with Crippen molar-refractivity contribution >= 4 is 29.5 Å². The molecule has 2 rings (SSSR count). The van der Waals surface area contributed by atoms with E-state index >= 15 is 0 Å². The number of thioether (sulfide) groups is 1. The van der Waals surface area contributed by atoms with E-state index in [-0.39, 0.29) is 11.8 Å². The van der Waals surface area contributed by atoms with Crippen LogP contribution < -0.4 is 5.32 Å². The summed E-state index contributed by atoms with van der Waals surface area (Å²) in [6.07, 6.45) is 1.29. The molecule has 0 radical (unpaired) electrons. The third kappa shape index (κ3) is 2.31. The highest BCUT2D eigenvalue weighted by Crippen LogP contribution is 2.36. The summed E-state index contributed by atoms with van der Waals surface area (Å²) < 4.78 is 0. The predicted octanol–water partition coefficient (Wildman–Crippen LogP) is 0.0313. The topological polar surface area (TPSA) is 86.7 Å². The molecule has 0 aromatic carbocycles. The van der Waals surface area contributed by atoms with Gasteiger partial charge in [-0.15, -0.1) is 11.8 Å². The van der Waals surface area contributed by atoms with Gasteiger partial charge in [-0.3, -0.25) is 9.59 Å². The number of carbonyl (C=O) groups excluding carboxylic acids is 2. The fourth-order valence-electron chi connectivity index (χ4n) is 1.95. The molecule has 2 fully saturated rings. The average molecular weight is 272 g/mol. The van der Waals surface area contributed by atoms with Crippen molar-refractivity contribution in [2.24, 2.45) is 0 Å². The van der Waals surface area contributed by atoms with E-state index in [1.165, 1.54) is 16.7 Å². The Bertz CT molecular complexity index is 395. The van der Waals surface area contributed by atoms with Crippen molar-refractivity contribution in [1.82, 2.24) is 10.2 Å². The molecule has 1 unspecified atom stereocenters. The molecule has 7 heteroatoms. The zero-order valence-electron chi connectivity index (χ0n) is 10.1. The molecule has 0 spiro atoms. The monoisotopic (exact) mass is 272 g/mol. The van der Waals surface area contributed by atoms with Crippen LogP contribution in [0.1, 0.15) is 26.2 Å². The van der Waals surface area contributed by atoms with E-state index in [4.69, 9.17) is 5.11 Å². The Labute approximate surface area is 109 Å². The standard InChI is InChI=1S/C11H16N2O4S/c1-2-8(14)13-6-18-5-7(13)9(15)12-11(3-4-11)10(16)17/h7H,2-6H2,1H3,(H,12,15)(H,16,17). The fourth-order valence-corrected chi connectivity index (χ4v) is 3.13. The first-order valence-electron chi connectivity index (χ1n) is 5.93. The summed E-state index contributed by atoms with van der Waals surface area (Å²) in [4.78, 5) is 36.2. The quantitative estimate of drug-likeness (QED) is 0.754. The van der Waals surface area contributed by atoms with Gasteiger partial charge in [-0.05, 0) is 12.8 Å². The summed E-state index contributed by atoms with van der Waals surface area (Å²) in [5.74, 6) is -0.366. The highest BCUT2D eigenvalue weighted by Gasteiger charge is 2.53. The minimum atomic E-state index is -1.08. The minimum absolute atomic E-state index is 0.0691. The van der Waals surface area contributed by atoms with E-state index in [1.54, 1.807) is 6.92 Å². The second-order valence-electron chi connectivity index (χ2n) is 4.61. The summed E-state index contributed by atoms with van der Waals surface area (Å²) in [5, 5.41) is 11.6. The van der Waals surface area contributed by atoms with Crippen LogP contribution in [0.15, 0.2) is 0 Å². The van der Waals surface area contributed by atoms with Gasteiger partial charge in [0.1, 0.15) is 11.6 Å². The Morgan fingerprint density at radius 3 is 2.61 bits per heavy atom. The molecular weight excluding hydrogens is 256 g/mol. The van der Waals surface area contributed by atoms with Gasteiger partial charge in [-0.2, -0.15) is 0 Å². The van der Waals surface area contributed by atoms with Crippen LogP contribution in [0.4, 0.5) is 0 Å². The molecule has 6 nitrogen and oxygen atoms in total. The van der Waals surface area contributed by atoms with Crippen LogP contribution in [-0.4, -0.2) is 51.0 Å². The number of nitrogens with one attached hydrogen (secondary N) is 1. The summed E-state index contributed by atoms with van der Waals surface area (Å²) in [6, 6.07) is -0.528. The van der Waals surface area contributed by atoms with Gasteiger partial charge in [-0.1, -0.05) is 6.92 Å². The van der Waals surface area contributed by atoms with E-state index in [1.807, 2.05) is 0 Å². The maximum atomic E-state index is 12.1. The zero-order valence-corrected chi connectivity index (χ0v) is 11.0. The first-order chi connectivity index (χ1) is 8.50. The van der Waals surface area contributed by atoms with Gasteiger partial charge in [-0.25, -0.2) is 4.79 Å². The van der Waals surface area contributed by atoms with E-state index < -0.39 is 17.6 Å². The molecule has 1 atom stereocenters. The van der Waals surface area contributed by atoms with E-state index in [0.717, 1.165) is 0 Å². The normalized spacial score (nSPS) is 24.7. The first-order valence-corrected chi connectivity index (χ1v) is 7.08. The largest absolute Gasteiger partial charge is 0.480 e. The number of nitrogens with zero attached hydrogens (tertiary/aromatic N) is 1. The van der Waals surface area contributed by atoms with Gasteiger partial charge < -0.3 is 15.3 Å². The molecule has 1 aliphatic heterocycles. The summed E-state index contributed by atoms with van der Waals surface area (Å²) in [7, 11) is 0. The number of hydrogen-bond donors (Lipinski definition) is 2. The maximum absolute atomic E-state index is 12.1. The molecular formula is C11H16N2O4S. The Morgan fingerprint density at radius 2 is 2.11 bits per heavy atom. The number of amides is 2. The third-order valence-electron chi connectivity index (χ3n) is 3.33. The summed E-state index contributed by atoms with van der Waals surface area (Å²) >= 11 is 1.51. The van der Waals surface area contributed by atoms with E-state index in [0.29, 0.717) is 30.9 Å².